The number of hydrogen-bond donors (Lipinski definition) is 0. The van der Waals surface area contributed by atoms with E-state index in [1.807, 2.05) is 6.20 Å². The number of pyridine rings is 1. The quantitative estimate of drug-likeness (QED) is 0.842. The molecule has 1 aromatic carbocycles. The first-order valence-corrected chi connectivity index (χ1v) is 7.24. The molecular formula is C16H19BrN2. The summed E-state index contributed by atoms with van der Waals surface area (Å²) in [7, 11) is 2.10. The first-order chi connectivity index (χ1) is 9.06. The van der Waals surface area contributed by atoms with Gasteiger partial charge in [-0.3, -0.25) is 0 Å². The summed E-state index contributed by atoms with van der Waals surface area (Å²) >= 11 is 3.45. The molecule has 0 spiro atoms. The number of halogens is 1. The van der Waals surface area contributed by atoms with E-state index >= 15 is 0 Å². The van der Waals surface area contributed by atoms with Gasteiger partial charge in [-0.2, -0.15) is 0 Å². The Kier molecular flexibility index (Phi) is 4.59. The highest BCUT2D eigenvalue weighted by molar-refractivity contribution is 9.10. The molecule has 2 nitrogen and oxygen atoms in total. The van der Waals surface area contributed by atoms with Gasteiger partial charge in [0, 0.05) is 24.3 Å². The smallest absolute Gasteiger partial charge is 0.131 e. The Morgan fingerprint density at radius 2 is 2.00 bits per heavy atom. The highest BCUT2D eigenvalue weighted by Crippen LogP contribution is 2.20. The van der Waals surface area contributed by atoms with Crippen LogP contribution < -0.4 is 4.90 Å². The number of likely N-dealkylation sites (N-methyl/N-ethyl adjacent to an activating group) is 1. The van der Waals surface area contributed by atoms with Crippen LogP contribution in [0.3, 0.4) is 0 Å². The van der Waals surface area contributed by atoms with Crippen molar-refractivity contribution in [3.63, 3.8) is 0 Å². The molecule has 0 saturated heterocycles. The Balaban J connectivity index is 2.03. The van der Waals surface area contributed by atoms with Crippen molar-refractivity contribution in [3.05, 3.63) is 57.7 Å². The lowest BCUT2D eigenvalue weighted by Crippen LogP contribution is -2.22. The summed E-state index contributed by atoms with van der Waals surface area (Å²) in [6, 6.07) is 10.8. The number of hydrogen-bond acceptors (Lipinski definition) is 2. The Morgan fingerprint density at radius 1 is 1.21 bits per heavy atom. The zero-order valence-electron chi connectivity index (χ0n) is 11.7. The molecule has 0 aliphatic heterocycles. The lowest BCUT2D eigenvalue weighted by molar-refractivity contribution is 0.854. The van der Waals surface area contributed by atoms with Crippen LogP contribution in [0.15, 0.2) is 41.0 Å². The Morgan fingerprint density at radius 3 is 2.68 bits per heavy atom. The van der Waals surface area contributed by atoms with Crippen LogP contribution in [0.25, 0.3) is 0 Å². The molecule has 3 heteroatoms. The summed E-state index contributed by atoms with van der Waals surface area (Å²) < 4.78 is 1.03. The van der Waals surface area contributed by atoms with Crippen molar-refractivity contribution < 1.29 is 0 Å². The van der Waals surface area contributed by atoms with Gasteiger partial charge >= 0.3 is 0 Å². The lowest BCUT2D eigenvalue weighted by atomic mass is 10.1. The van der Waals surface area contributed by atoms with Crippen molar-refractivity contribution in [2.24, 2.45) is 0 Å². The molecule has 2 rings (SSSR count). The Labute approximate surface area is 123 Å². The lowest BCUT2D eigenvalue weighted by Gasteiger charge is -2.20. The van der Waals surface area contributed by atoms with Crippen molar-refractivity contribution in [1.29, 1.82) is 0 Å². The van der Waals surface area contributed by atoms with Gasteiger partial charge in [0.1, 0.15) is 5.82 Å². The summed E-state index contributed by atoms with van der Waals surface area (Å²) in [5.41, 5.74) is 3.89. The number of benzene rings is 1. The first-order valence-electron chi connectivity index (χ1n) is 6.45. The second-order valence-corrected chi connectivity index (χ2v) is 5.87. The van der Waals surface area contributed by atoms with Crippen LogP contribution in [0.4, 0.5) is 5.82 Å². The molecule has 2 aromatic rings. The molecule has 100 valence electrons. The molecule has 0 atom stereocenters. The highest BCUT2D eigenvalue weighted by Gasteiger charge is 2.06. The van der Waals surface area contributed by atoms with Crippen LogP contribution >= 0.6 is 15.9 Å². The van der Waals surface area contributed by atoms with Gasteiger partial charge in [-0.1, -0.05) is 29.8 Å². The molecule has 0 radical (unpaired) electrons. The maximum Gasteiger partial charge on any atom is 0.131 e. The van der Waals surface area contributed by atoms with E-state index in [9.17, 15) is 0 Å². The second kappa shape index (κ2) is 6.20. The normalized spacial score (nSPS) is 10.5. The van der Waals surface area contributed by atoms with Gasteiger partial charge in [-0.25, -0.2) is 4.98 Å². The van der Waals surface area contributed by atoms with Gasteiger partial charge in [0.15, 0.2) is 0 Å². The summed E-state index contributed by atoms with van der Waals surface area (Å²) in [5, 5.41) is 0. The van der Waals surface area contributed by atoms with Gasteiger partial charge < -0.3 is 4.90 Å². The second-order valence-electron chi connectivity index (χ2n) is 4.95. The molecule has 0 amide bonds. The zero-order valence-corrected chi connectivity index (χ0v) is 13.2. The third-order valence-electron chi connectivity index (χ3n) is 3.20. The molecule has 1 aromatic heterocycles. The monoisotopic (exact) mass is 318 g/mol. The van der Waals surface area contributed by atoms with Gasteiger partial charge in [0.25, 0.3) is 0 Å². The highest BCUT2D eigenvalue weighted by atomic mass is 79.9. The Hall–Kier alpha value is -1.35. The molecule has 0 aliphatic carbocycles. The third kappa shape index (κ3) is 3.80. The van der Waals surface area contributed by atoms with Crippen LogP contribution in [-0.4, -0.2) is 18.6 Å². The van der Waals surface area contributed by atoms with Gasteiger partial charge in [-0.15, -0.1) is 0 Å². The van der Waals surface area contributed by atoms with Crippen LogP contribution in [0.1, 0.15) is 16.7 Å². The summed E-state index contributed by atoms with van der Waals surface area (Å²) in [6.45, 7) is 5.20. The minimum Gasteiger partial charge on any atom is -0.359 e. The molecule has 19 heavy (non-hydrogen) atoms. The topological polar surface area (TPSA) is 16.1 Å². The summed E-state index contributed by atoms with van der Waals surface area (Å²) in [6.07, 6.45) is 2.89. The minimum atomic E-state index is 0.971. The number of rotatable bonds is 4. The van der Waals surface area contributed by atoms with Crippen molar-refractivity contribution in [1.82, 2.24) is 4.98 Å². The van der Waals surface area contributed by atoms with Gasteiger partial charge in [-0.05, 0) is 53.4 Å². The SMILES string of the molecule is Cc1cccc(CCN(C)c2ncc(Br)cc2C)c1. The maximum absolute atomic E-state index is 4.49. The van der Waals surface area contributed by atoms with E-state index in [0.717, 1.165) is 23.3 Å². The molecule has 0 bridgehead atoms. The summed E-state index contributed by atoms with van der Waals surface area (Å²) in [5.74, 6) is 1.05. The molecule has 0 fully saturated rings. The van der Waals surface area contributed by atoms with Crippen LogP contribution in [0.5, 0.6) is 0 Å². The minimum absolute atomic E-state index is 0.971. The van der Waals surface area contributed by atoms with Crippen LogP contribution in [0, 0.1) is 13.8 Å². The largest absolute Gasteiger partial charge is 0.359 e. The number of aryl methyl sites for hydroxylation is 2. The average molecular weight is 319 g/mol. The fraction of sp³-hybridized carbons (Fsp3) is 0.312. The maximum atomic E-state index is 4.49. The molecule has 1 heterocycles. The Bertz CT molecular complexity index is 566. The first kappa shape index (κ1) is 14.1. The van der Waals surface area contributed by atoms with Crippen molar-refractivity contribution in [3.8, 4) is 0 Å². The summed E-state index contributed by atoms with van der Waals surface area (Å²) in [4.78, 5) is 6.70. The number of nitrogens with zero attached hydrogens (tertiary/aromatic N) is 2. The average Bonchev–Trinajstić information content (AvgIpc) is 2.36. The molecule has 0 N–H and O–H groups in total. The van der Waals surface area contributed by atoms with Crippen molar-refractivity contribution >= 4 is 21.7 Å². The van der Waals surface area contributed by atoms with Gasteiger partial charge in [0.2, 0.25) is 0 Å². The molecule has 0 unspecified atom stereocenters. The van der Waals surface area contributed by atoms with E-state index in [-0.39, 0.29) is 0 Å². The fourth-order valence-corrected chi connectivity index (χ4v) is 2.65. The standard InChI is InChI=1S/C16H19BrN2/c1-12-5-4-6-14(9-12)7-8-19(3)16-13(2)10-15(17)11-18-16/h4-6,9-11H,7-8H2,1-3H3. The van der Waals surface area contributed by atoms with Crippen molar-refractivity contribution in [2.45, 2.75) is 20.3 Å². The van der Waals surface area contributed by atoms with E-state index in [1.54, 1.807) is 0 Å². The van der Waals surface area contributed by atoms with Crippen LogP contribution in [0.2, 0.25) is 0 Å². The van der Waals surface area contributed by atoms with Crippen molar-refractivity contribution in [2.75, 3.05) is 18.5 Å². The van der Waals surface area contributed by atoms with E-state index in [4.69, 9.17) is 0 Å². The molecule has 0 aliphatic rings. The van der Waals surface area contributed by atoms with Gasteiger partial charge in [0.05, 0.1) is 0 Å². The van der Waals surface area contributed by atoms with E-state index < -0.39 is 0 Å². The fourth-order valence-electron chi connectivity index (χ4n) is 2.20. The van der Waals surface area contributed by atoms with E-state index in [0.29, 0.717) is 0 Å². The number of aromatic nitrogens is 1. The predicted molar refractivity (Wildman–Crippen MR) is 84.8 cm³/mol. The molecule has 0 saturated carbocycles. The third-order valence-corrected chi connectivity index (χ3v) is 3.63. The number of anilines is 1. The predicted octanol–water partition coefficient (Wildman–Crippen LogP) is 4.14. The molecular weight excluding hydrogens is 300 g/mol. The zero-order chi connectivity index (χ0) is 13.8. The van der Waals surface area contributed by atoms with Crippen LogP contribution in [-0.2, 0) is 6.42 Å². The van der Waals surface area contributed by atoms with E-state index in [1.165, 1.54) is 16.7 Å². The van der Waals surface area contributed by atoms with E-state index in [2.05, 4.69) is 77.0 Å².